The average Bonchev–Trinajstić information content (AvgIpc) is 2.81. The Morgan fingerprint density at radius 1 is 1.39 bits per heavy atom. The summed E-state index contributed by atoms with van der Waals surface area (Å²) in [5, 5.41) is 0.779. The number of hydrogen-bond acceptors (Lipinski definition) is 5. The number of rotatable bonds is 2. The summed E-state index contributed by atoms with van der Waals surface area (Å²) in [5.41, 5.74) is 8.11. The zero-order valence-electron chi connectivity index (χ0n) is 10.4. The van der Waals surface area contributed by atoms with Gasteiger partial charge in [-0.15, -0.1) is 0 Å². The van der Waals surface area contributed by atoms with E-state index in [1.54, 1.807) is 0 Å². The molecular formula is C13H17N3OS. The largest absolute Gasteiger partial charge is 0.423 e. The van der Waals surface area contributed by atoms with Gasteiger partial charge in [-0.2, -0.15) is 16.7 Å². The van der Waals surface area contributed by atoms with Gasteiger partial charge in [0.15, 0.2) is 5.58 Å². The van der Waals surface area contributed by atoms with E-state index in [4.69, 9.17) is 10.2 Å². The van der Waals surface area contributed by atoms with Crippen molar-refractivity contribution in [3.05, 3.63) is 18.2 Å². The number of thioether (sulfide) groups is 1. The highest BCUT2D eigenvalue weighted by Crippen LogP contribution is 2.28. The van der Waals surface area contributed by atoms with E-state index in [1.165, 1.54) is 12.8 Å². The molecule has 2 N–H and O–H groups in total. The molecule has 0 atom stereocenters. The molecule has 0 aliphatic carbocycles. The minimum Gasteiger partial charge on any atom is -0.423 e. The standard InChI is InChI=1S/C13H17N3OS/c1-18-10-4-6-16(7-5-10)13-15-11-3-2-9(14)8-12(11)17-13/h2-3,8,10H,4-7,14H2,1H3. The molecule has 1 fully saturated rings. The average molecular weight is 263 g/mol. The minimum atomic E-state index is 0.714. The van der Waals surface area contributed by atoms with Crippen molar-refractivity contribution >= 4 is 34.6 Å². The number of piperidine rings is 1. The molecule has 0 saturated carbocycles. The Kier molecular flexibility index (Phi) is 3.07. The molecule has 0 bridgehead atoms. The highest BCUT2D eigenvalue weighted by Gasteiger charge is 2.21. The predicted molar refractivity (Wildman–Crippen MR) is 77.2 cm³/mol. The van der Waals surface area contributed by atoms with Crippen LogP contribution in [-0.2, 0) is 0 Å². The van der Waals surface area contributed by atoms with Crippen LogP contribution in [0.3, 0.4) is 0 Å². The third-order valence-electron chi connectivity index (χ3n) is 3.45. The summed E-state index contributed by atoms with van der Waals surface area (Å²) in [4.78, 5) is 6.75. The van der Waals surface area contributed by atoms with Crippen molar-refractivity contribution in [1.82, 2.24) is 4.98 Å². The Morgan fingerprint density at radius 2 is 2.17 bits per heavy atom. The fraction of sp³-hybridized carbons (Fsp3) is 0.462. The van der Waals surface area contributed by atoms with E-state index < -0.39 is 0 Å². The van der Waals surface area contributed by atoms with E-state index in [0.717, 1.165) is 35.5 Å². The number of nitrogens with two attached hydrogens (primary N) is 1. The Balaban J connectivity index is 1.82. The Hall–Kier alpha value is -1.36. The van der Waals surface area contributed by atoms with E-state index in [9.17, 15) is 0 Å². The summed E-state index contributed by atoms with van der Waals surface area (Å²) in [6.07, 6.45) is 4.58. The number of aromatic nitrogens is 1. The maximum Gasteiger partial charge on any atom is 0.298 e. The molecule has 2 aromatic rings. The fourth-order valence-corrected chi connectivity index (χ4v) is 3.03. The summed E-state index contributed by atoms with van der Waals surface area (Å²) in [6, 6.07) is 6.33. The van der Waals surface area contributed by atoms with Crippen LogP contribution in [0.1, 0.15) is 12.8 Å². The van der Waals surface area contributed by atoms with Gasteiger partial charge in [0.2, 0.25) is 0 Å². The van der Waals surface area contributed by atoms with Crippen molar-refractivity contribution in [2.75, 3.05) is 30.0 Å². The summed E-state index contributed by atoms with van der Waals surface area (Å²) in [6.45, 7) is 2.04. The zero-order chi connectivity index (χ0) is 12.5. The van der Waals surface area contributed by atoms with Crippen LogP contribution in [0.4, 0.5) is 11.7 Å². The molecular weight excluding hydrogens is 246 g/mol. The van der Waals surface area contributed by atoms with E-state index >= 15 is 0 Å². The van der Waals surface area contributed by atoms with Gasteiger partial charge in [-0.25, -0.2) is 0 Å². The van der Waals surface area contributed by atoms with Crippen molar-refractivity contribution in [1.29, 1.82) is 0 Å². The maximum absolute atomic E-state index is 5.79. The molecule has 1 aliphatic heterocycles. The van der Waals surface area contributed by atoms with Crippen LogP contribution in [0.5, 0.6) is 0 Å². The van der Waals surface area contributed by atoms with Crippen molar-refractivity contribution < 1.29 is 4.42 Å². The second-order valence-corrected chi connectivity index (χ2v) is 5.78. The van der Waals surface area contributed by atoms with Crippen molar-refractivity contribution in [2.45, 2.75) is 18.1 Å². The quantitative estimate of drug-likeness (QED) is 0.844. The highest BCUT2D eigenvalue weighted by atomic mass is 32.2. The second kappa shape index (κ2) is 4.72. The van der Waals surface area contributed by atoms with Crippen LogP contribution in [0.25, 0.3) is 11.1 Å². The summed E-state index contributed by atoms with van der Waals surface area (Å²) in [5.74, 6) is 0. The molecule has 18 heavy (non-hydrogen) atoms. The van der Waals surface area contributed by atoms with Gasteiger partial charge in [0, 0.05) is 30.1 Å². The van der Waals surface area contributed by atoms with Crippen molar-refractivity contribution in [3.8, 4) is 0 Å². The third kappa shape index (κ3) is 2.14. The minimum absolute atomic E-state index is 0.714. The van der Waals surface area contributed by atoms with Crippen LogP contribution < -0.4 is 10.6 Å². The van der Waals surface area contributed by atoms with Gasteiger partial charge in [-0.05, 0) is 31.2 Å². The molecule has 1 aromatic heterocycles. The lowest BCUT2D eigenvalue weighted by molar-refractivity contribution is 0.516. The third-order valence-corrected chi connectivity index (χ3v) is 4.59. The molecule has 5 heteroatoms. The lowest BCUT2D eigenvalue weighted by Crippen LogP contribution is -2.34. The van der Waals surface area contributed by atoms with E-state index in [0.29, 0.717) is 5.69 Å². The fourth-order valence-electron chi connectivity index (χ4n) is 2.35. The predicted octanol–water partition coefficient (Wildman–Crippen LogP) is 2.74. The molecule has 0 unspecified atom stereocenters. The number of nitrogen functional groups attached to an aromatic ring is 1. The lowest BCUT2D eigenvalue weighted by atomic mass is 10.1. The molecule has 1 aromatic carbocycles. The molecule has 0 radical (unpaired) electrons. The van der Waals surface area contributed by atoms with Gasteiger partial charge in [0.25, 0.3) is 6.01 Å². The van der Waals surface area contributed by atoms with Crippen LogP contribution in [-0.4, -0.2) is 29.6 Å². The summed E-state index contributed by atoms with van der Waals surface area (Å²) in [7, 11) is 0. The molecule has 1 aliphatic rings. The number of benzene rings is 1. The molecule has 0 amide bonds. The van der Waals surface area contributed by atoms with Gasteiger partial charge in [-0.3, -0.25) is 0 Å². The van der Waals surface area contributed by atoms with Gasteiger partial charge in [0.1, 0.15) is 5.52 Å². The number of nitrogens with zero attached hydrogens (tertiary/aromatic N) is 2. The first-order valence-corrected chi connectivity index (χ1v) is 7.49. The Bertz CT molecular complexity index is 546. The number of hydrogen-bond donors (Lipinski definition) is 1. The van der Waals surface area contributed by atoms with Gasteiger partial charge in [-0.1, -0.05) is 0 Å². The topological polar surface area (TPSA) is 55.3 Å². The molecule has 3 rings (SSSR count). The lowest BCUT2D eigenvalue weighted by Gasteiger charge is -2.29. The van der Waals surface area contributed by atoms with E-state index in [2.05, 4.69) is 16.1 Å². The maximum atomic E-state index is 5.79. The Labute approximate surface area is 111 Å². The molecule has 0 spiro atoms. The first-order chi connectivity index (χ1) is 8.76. The van der Waals surface area contributed by atoms with Crippen LogP contribution in [0.15, 0.2) is 22.6 Å². The van der Waals surface area contributed by atoms with Gasteiger partial charge >= 0.3 is 0 Å². The van der Waals surface area contributed by atoms with Gasteiger partial charge in [0.05, 0.1) is 0 Å². The van der Waals surface area contributed by atoms with Crippen LogP contribution >= 0.6 is 11.8 Å². The highest BCUT2D eigenvalue weighted by molar-refractivity contribution is 7.99. The summed E-state index contributed by atoms with van der Waals surface area (Å²) < 4.78 is 5.79. The first-order valence-electron chi connectivity index (χ1n) is 6.20. The monoisotopic (exact) mass is 263 g/mol. The number of fused-ring (bicyclic) bond motifs is 1. The molecule has 96 valence electrons. The molecule has 4 nitrogen and oxygen atoms in total. The number of anilines is 2. The van der Waals surface area contributed by atoms with Crippen LogP contribution in [0.2, 0.25) is 0 Å². The van der Waals surface area contributed by atoms with E-state index in [-0.39, 0.29) is 0 Å². The zero-order valence-corrected chi connectivity index (χ0v) is 11.2. The van der Waals surface area contributed by atoms with Crippen LogP contribution in [0, 0.1) is 0 Å². The van der Waals surface area contributed by atoms with Crippen molar-refractivity contribution in [2.24, 2.45) is 0 Å². The smallest absolute Gasteiger partial charge is 0.298 e. The SMILES string of the molecule is CSC1CCN(c2nc3ccc(N)cc3o2)CC1. The normalized spacial score (nSPS) is 17.5. The van der Waals surface area contributed by atoms with E-state index in [1.807, 2.05) is 30.0 Å². The number of oxazole rings is 1. The van der Waals surface area contributed by atoms with Gasteiger partial charge < -0.3 is 15.1 Å². The first kappa shape index (κ1) is 11.7. The van der Waals surface area contributed by atoms with Crippen molar-refractivity contribution in [3.63, 3.8) is 0 Å². The second-order valence-electron chi connectivity index (χ2n) is 4.65. The summed E-state index contributed by atoms with van der Waals surface area (Å²) >= 11 is 1.96. The Morgan fingerprint density at radius 3 is 2.89 bits per heavy atom. The molecule has 1 saturated heterocycles. The molecule has 2 heterocycles.